The molecule has 102 valence electrons. The van der Waals surface area contributed by atoms with Gasteiger partial charge < -0.3 is 5.11 Å². The van der Waals surface area contributed by atoms with Crippen LogP contribution in [0.15, 0.2) is 29.8 Å². The Labute approximate surface area is 108 Å². The third-order valence-corrected chi connectivity index (χ3v) is 3.17. The van der Waals surface area contributed by atoms with Crippen LogP contribution in [0.4, 0.5) is 13.2 Å². The molecule has 0 unspecified atom stereocenters. The predicted molar refractivity (Wildman–Crippen MR) is 64.5 cm³/mol. The van der Waals surface area contributed by atoms with Crippen LogP contribution in [-0.4, -0.2) is 10.9 Å². The standard InChI is InChI=1S/C14H13F3O2/c15-14(16,17)10-5-3-4-9(8-10)13(19)11-6-1-2-7-12(11)18/h3-5,8,19H,1-2,6-7H2. The molecule has 1 aliphatic carbocycles. The Morgan fingerprint density at radius 2 is 1.84 bits per heavy atom. The molecule has 0 aromatic heterocycles. The van der Waals surface area contributed by atoms with Crippen molar-refractivity contribution in [3.05, 3.63) is 41.0 Å². The van der Waals surface area contributed by atoms with Gasteiger partial charge in [0.05, 0.1) is 5.56 Å². The topological polar surface area (TPSA) is 37.3 Å². The summed E-state index contributed by atoms with van der Waals surface area (Å²) >= 11 is 0. The number of carbonyl (C=O) groups excluding carboxylic acids is 1. The average molecular weight is 270 g/mol. The molecule has 5 heteroatoms. The minimum Gasteiger partial charge on any atom is -0.507 e. The van der Waals surface area contributed by atoms with E-state index >= 15 is 0 Å². The first-order valence-electron chi connectivity index (χ1n) is 6.02. The van der Waals surface area contributed by atoms with Crippen molar-refractivity contribution in [1.82, 2.24) is 0 Å². The first-order chi connectivity index (χ1) is 8.89. The molecule has 1 N–H and O–H groups in total. The van der Waals surface area contributed by atoms with Crippen LogP contribution in [0.3, 0.4) is 0 Å². The molecule has 1 aromatic rings. The summed E-state index contributed by atoms with van der Waals surface area (Å²) in [6.45, 7) is 0. The highest BCUT2D eigenvalue weighted by atomic mass is 19.4. The molecule has 1 saturated carbocycles. The molecule has 19 heavy (non-hydrogen) atoms. The Bertz CT molecular complexity index is 530. The van der Waals surface area contributed by atoms with Crippen molar-refractivity contribution in [2.75, 3.05) is 0 Å². The van der Waals surface area contributed by atoms with Crippen LogP contribution in [0, 0.1) is 0 Å². The third kappa shape index (κ3) is 2.97. The monoisotopic (exact) mass is 270 g/mol. The van der Waals surface area contributed by atoms with Crippen LogP contribution in [0.25, 0.3) is 5.76 Å². The molecule has 1 fully saturated rings. The summed E-state index contributed by atoms with van der Waals surface area (Å²) < 4.78 is 37.8. The van der Waals surface area contributed by atoms with Gasteiger partial charge in [0, 0.05) is 17.6 Å². The number of allylic oxidation sites excluding steroid dienone is 1. The van der Waals surface area contributed by atoms with Gasteiger partial charge in [0.1, 0.15) is 5.76 Å². The number of hydrogen-bond donors (Lipinski definition) is 1. The smallest absolute Gasteiger partial charge is 0.416 e. The van der Waals surface area contributed by atoms with Gasteiger partial charge in [-0.15, -0.1) is 0 Å². The zero-order chi connectivity index (χ0) is 14.0. The van der Waals surface area contributed by atoms with E-state index in [0.29, 0.717) is 12.8 Å². The lowest BCUT2D eigenvalue weighted by Crippen LogP contribution is -2.11. The number of rotatable bonds is 1. The Hall–Kier alpha value is -1.78. The van der Waals surface area contributed by atoms with Crippen molar-refractivity contribution in [3.8, 4) is 0 Å². The lowest BCUT2D eigenvalue weighted by atomic mass is 9.91. The highest BCUT2D eigenvalue weighted by Crippen LogP contribution is 2.32. The van der Waals surface area contributed by atoms with E-state index in [9.17, 15) is 23.1 Å². The van der Waals surface area contributed by atoms with E-state index in [-0.39, 0.29) is 22.7 Å². The maximum Gasteiger partial charge on any atom is 0.416 e. The van der Waals surface area contributed by atoms with Crippen LogP contribution in [-0.2, 0) is 11.0 Å². The zero-order valence-corrected chi connectivity index (χ0v) is 10.1. The van der Waals surface area contributed by atoms with Gasteiger partial charge in [-0.1, -0.05) is 12.1 Å². The molecular weight excluding hydrogens is 257 g/mol. The van der Waals surface area contributed by atoms with Crippen molar-refractivity contribution in [3.63, 3.8) is 0 Å². The van der Waals surface area contributed by atoms with Crippen LogP contribution >= 0.6 is 0 Å². The third-order valence-electron chi connectivity index (χ3n) is 3.17. The van der Waals surface area contributed by atoms with E-state index in [1.807, 2.05) is 0 Å². The maximum atomic E-state index is 12.6. The molecule has 0 heterocycles. The Morgan fingerprint density at radius 1 is 1.16 bits per heavy atom. The van der Waals surface area contributed by atoms with Gasteiger partial charge in [-0.3, -0.25) is 4.79 Å². The number of halogens is 3. The van der Waals surface area contributed by atoms with E-state index in [2.05, 4.69) is 0 Å². The maximum absolute atomic E-state index is 12.6. The summed E-state index contributed by atoms with van der Waals surface area (Å²) in [5.41, 5.74) is -0.550. The molecule has 0 amide bonds. The lowest BCUT2D eigenvalue weighted by Gasteiger charge is -2.15. The fourth-order valence-electron chi connectivity index (χ4n) is 2.15. The molecule has 0 atom stereocenters. The van der Waals surface area contributed by atoms with Gasteiger partial charge in [0.15, 0.2) is 5.78 Å². The fraction of sp³-hybridized carbons (Fsp3) is 0.357. The largest absolute Gasteiger partial charge is 0.507 e. The fourth-order valence-corrected chi connectivity index (χ4v) is 2.15. The molecule has 1 aromatic carbocycles. The Balaban J connectivity index is 2.41. The average Bonchev–Trinajstić information content (AvgIpc) is 2.38. The van der Waals surface area contributed by atoms with Gasteiger partial charge in [-0.25, -0.2) is 0 Å². The molecule has 0 radical (unpaired) electrons. The molecule has 2 rings (SSSR count). The van der Waals surface area contributed by atoms with Crippen LogP contribution in [0.2, 0.25) is 0 Å². The van der Waals surface area contributed by atoms with Gasteiger partial charge >= 0.3 is 6.18 Å². The number of alkyl halides is 3. The van der Waals surface area contributed by atoms with Crippen LogP contribution < -0.4 is 0 Å². The molecular formula is C14H13F3O2. The van der Waals surface area contributed by atoms with E-state index in [1.54, 1.807) is 0 Å². The van der Waals surface area contributed by atoms with E-state index < -0.39 is 11.7 Å². The van der Waals surface area contributed by atoms with Crippen molar-refractivity contribution < 1.29 is 23.1 Å². The van der Waals surface area contributed by atoms with Gasteiger partial charge in [0.25, 0.3) is 0 Å². The quantitative estimate of drug-likeness (QED) is 0.615. The molecule has 0 aliphatic heterocycles. The Kier molecular flexibility index (Phi) is 3.64. The minimum atomic E-state index is -4.46. The highest BCUT2D eigenvalue weighted by molar-refractivity contribution is 6.01. The van der Waals surface area contributed by atoms with Crippen molar-refractivity contribution >= 4 is 11.5 Å². The van der Waals surface area contributed by atoms with E-state index in [4.69, 9.17) is 0 Å². The SMILES string of the molecule is O=C1CCCCC1=C(O)c1cccc(C(F)(F)F)c1. The molecule has 0 saturated heterocycles. The van der Waals surface area contributed by atoms with Crippen molar-refractivity contribution in [2.45, 2.75) is 31.9 Å². The van der Waals surface area contributed by atoms with E-state index in [0.717, 1.165) is 25.0 Å². The van der Waals surface area contributed by atoms with Crippen LogP contribution in [0.5, 0.6) is 0 Å². The first kappa shape index (κ1) is 13.6. The molecule has 0 spiro atoms. The lowest BCUT2D eigenvalue weighted by molar-refractivity contribution is -0.137. The normalized spacial score (nSPS) is 19.4. The number of aliphatic hydroxyl groups excluding tert-OH is 1. The first-order valence-corrected chi connectivity index (χ1v) is 6.02. The highest BCUT2D eigenvalue weighted by Gasteiger charge is 2.31. The number of hydrogen-bond acceptors (Lipinski definition) is 2. The Morgan fingerprint density at radius 3 is 2.47 bits per heavy atom. The summed E-state index contributed by atoms with van der Waals surface area (Å²) in [6, 6.07) is 4.40. The summed E-state index contributed by atoms with van der Waals surface area (Å²) in [7, 11) is 0. The van der Waals surface area contributed by atoms with Gasteiger partial charge in [-0.2, -0.15) is 13.2 Å². The minimum absolute atomic E-state index is 0.0417. The zero-order valence-electron chi connectivity index (χ0n) is 10.1. The number of Topliss-reactive ketones (excluding diaryl/α,β-unsaturated/α-hetero) is 1. The van der Waals surface area contributed by atoms with Crippen molar-refractivity contribution in [1.29, 1.82) is 0 Å². The number of benzene rings is 1. The molecule has 2 nitrogen and oxygen atoms in total. The molecule has 0 bridgehead atoms. The van der Waals surface area contributed by atoms with Crippen LogP contribution in [0.1, 0.15) is 36.8 Å². The van der Waals surface area contributed by atoms with Gasteiger partial charge in [0.2, 0.25) is 0 Å². The number of carbonyl (C=O) groups is 1. The number of aliphatic hydroxyl groups is 1. The summed E-state index contributed by atoms with van der Waals surface area (Å²) in [6.07, 6.45) is -2.17. The summed E-state index contributed by atoms with van der Waals surface area (Å²) in [5.74, 6) is -0.503. The predicted octanol–water partition coefficient (Wildman–Crippen LogP) is 4.12. The second-order valence-corrected chi connectivity index (χ2v) is 4.54. The van der Waals surface area contributed by atoms with Crippen molar-refractivity contribution in [2.24, 2.45) is 0 Å². The van der Waals surface area contributed by atoms with Gasteiger partial charge in [-0.05, 0) is 31.4 Å². The second kappa shape index (κ2) is 5.07. The number of ketones is 1. The second-order valence-electron chi connectivity index (χ2n) is 4.54. The van der Waals surface area contributed by atoms with E-state index in [1.165, 1.54) is 12.1 Å². The molecule has 1 aliphatic rings. The summed E-state index contributed by atoms with van der Waals surface area (Å²) in [5, 5.41) is 10.00. The summed E-state index contributed by atoms with van der Waals surface area (Å²) in [4.78, 5) is 11.7.